The van der Waals surface area contributed by atoms with Crippen LogP contribution >= 0.6 is 0 Å². The van der Waals surface area contributed by atoms with Gasteiger partial charge in [0.15, 0.2) is 0 Å². The third kappa shape index (κ3) is 5.49. The maximum Gasteiger partial charge on any atom is 0.264 e. The molecule has 3 rings (SSSR count). The fraction of sp³-hybridized carbons (Fsp3) is 0.208. The zero-order valence-corrected chi connectivity index (χ0v) is 18.5. The molecule has 0 bridgehead atoms. The van der Waals surface area contributed by atoms with Gasteiger partial charge in [0.2, 0.25) is 5.91 Å². The number of aryl methyl sites for hydroxylation is 2. The van der Waals surface area contributed by atoms with E-state index in [9.17, 15) is 17.6 Å². The molecule has 0 saturated carbocycles. The fourth-order valence-corrected chi connectivity index (χ4v) is 4.81. The number of hydrogen-bond donors (Lipinski definition) is 1. The lowest BCUT2D eigenvalue weighted by molar-refractivity contribution is -0.120. The Hall–Kier alpha value is -3.19. The molecule has 0 radical (unpaired) electrons. The second kappa shape index (κ2) is 9.31. The van der Waals surface area contributed by atoms with Gasteiger partial charge in [0, 0.05) is 0 Å². The number of halogens is 1. The summed E-state index contributed by atoms with van der Waals surface area (Å²) in [6.07, 6.45) is 0. The van der Waals surface area contributed by atoms with Crippen LogP contribution in [0.15, 0.2) is 77.7 Å². The smallest absolute Gasteiger partial charge is 0.264 e. The van der Waals surface area contributed by atoms with Crippen LogP contribution < -0.4 is 9.62 Å². The standard InChI is InChI=1S/C24H25FN2O3S/c1-17-13-18(2)15-22(14-17)27(31(29,30)23-7-5-4-6-8-23)16-24(28)26-19(3)20-9-11-21(25)12-10-20/h4-15,19H,16H2,1-3H3,(H,26,28)/t19-/m0/s1. The molecule has 0 aliphatic heterocycles. The molecule has 0 unspecified atom stereocenters. The van der Waals surface area contributed by atoms with Crippen molar-refractivity contribution in [1.82, 2.24) is 5.32 Å². The molecule has 0 aromatic heterocycles. The Labute approximate surface area is 182 Å². The number of amides is 1. The molecule has 3 aromatic carbocycles. The van der Waals surface area contributed by atoms with E-state index < -0.39 is 22.0 Å². The first-order valence-electron chi connectivity index (χ1n) is 9.88. The van der Waals surface area contributed by atoms with Gasteiger partial charge >= 0.3 is 0 Å². The lowest BCUT2D eigenvalue weighted by atomic mass is 10.1. The largest absolute Gasteiger partial charge is 0.348 e. The van der Waals surface area contributed by atoms with Gasteiger partial charge in [-0.25, -0.2) is 12.8 Å². The summed E-state index contributed by atoms with van der Waals surface area (Å²) in [6, 6.07) is 18.8. The van der Waals surface area contributed by atoms with Crippen molar-refractivity contribution in [2.24, 2.45) is 0 Å². The highest BCUT2D eigenvalue weighted by molar-refractivity contribution is 7.92. The highest BCUT2D eigenvalue weighted by atomic mass is 32.2. The van der Waals surface area contributed by atoms with Crippen LogP contribution in [0.25, 0.3) is 0 Å². The first-order valence-corrected chi connectivity index (χ1v) is 11.3. The van der Waals surface area contributed by atoms with Crippen LogP contribution in [0.3, 0.4) is 0 Å². The monoisotopic (exact) mass is 440 g/mol. The molecule has 1 amide bonds. The lowest BCUT2D eigenvalue weighted by Crippen LogP contribution is -2.41. The predicted octanol–water partition coefficient (Wildman–Crippen LogP) is 4.52. The van der Waals surface area contributed by atoms with Crippen molar-refractivity contribution in [1.29, 1.82) is 0 Å². The molecule has 0 heterocycles. The molecular formula is C24H25FN2O3S. The average Bonchev–Trinajstić information content (AvgIpc) is 2.72. The molecule has 1 N–H and O–H groups in total. The second-order valence-corrected chi connectivity index (χ2v) is 9.37. The number of nitrogens with zero attached hydrogens (tertiary/aromatic N) is 1. The van der Waals surface area contributed by atoms with Crippen molar-refractivity contribution >= 4 is 21.6 Å². The topological polar surface area (TPSA) is 66.5 Å². The molecule has 0 spiro atoms. The Bertz CT molecular complexity index is 1140. The van der Waals surface area contributed by atoms with Crippen LogP contribution in [0.1, 0.15) is 29.7 Å². The van der Waals surface area contributed by atoms with E-state index in [4.69, 9.17) is 0 Å². The van der Waals surface area contributed by atoms with Crippen LogP contribution in [-0.2, 0) is 14.8 Å². The number of rotatable bonds is 7. The zero-order valence-electron chi connectivity index (χ0n) is 17.7. The maximum absolute atomic E-state index is 13.4. The quantitative estimate of drug-likeness (QED) is 0.588. The normalized spacial score (nSPS) is 12.3. The Morgan fingerprint density at radius 2 is 1.55 bits per heavy atom. The third-order valence-electron chi connectivity index (χ3n) is 4.86. The minimum Gasteiger partial charge on any atom is -0.348 e. The average molecular weight is 441 g/mol. The lowest BCUT2D eigenvalue weighted by Gasteiger charge is -2.26. The van der Waals surface area contributed by atoms with Crippen LogP contribution in [0, 0.1) is 19.7 Å². The van der Waals surface area contributed by atoms with Crippen molar-refractivity contribution in [3.63, 3.8) is 0 Å². The highest BCUT2D eigenvalue weighted by Crippen LogP contribution is 2.26. The van der Waals surface area contributed by atoms with Crippen LogP contribution in [0.5, 0.6) is 0 Å². The predicted molar refractivity (Wildman–Crippen MR) is 120 cm³/mol. The van der Waals surface area contributed by atoms with Gasteiger partial charge in [-0.1, -0.05) is 36.4 Å². The molecule has 0 aliphatic rings. The van der Waals surface area contributed by atoms with Crippen molar-refractivity contribution < 1.29 is 17.6 Å². The number of benzene rings is 3. The number of anilines is 1. The molecule has 31 heavy (non-hydrogen) atoms. The molecule has 1 atom stereocenters. The van der Waals surface area contributed by atoms with E-state index >= 15 is 0 Å². The van der Waals surface area contributed by atoms with E-state index in [-0.39, 0.29) is 17.3 Å². The van der Waals surface area contributed by atoms with Crippen molar-refractivity contribution in [3.05, 3.63) is 95.3 Å². The first kappa shape index (κ1) is 22.5. The fourth-order valence-electron chi connectivity index (χ4n) is 3.38. The van der Waals surface area contributed by atoms with E-state index in [1.54, 1.807) is 49.4 Å². The summed E-state index contributed by atoms with van der Waals surface area (Å²) < 4.78 is 41.1. The van der Waals surface area contributed by atoms with Gasteiger partial charge in [-0.2, -0.15) is 0 Å². The van der Waals surface area contributed by atoms with Gasteiger partial charge in [0.05, 0.1) is 16.6 Å². The Kier molecular flexibility index (Phi) is 6.75. The summed E-state index contributed by atoms with van der Waals surface area (Å²) >= 11 is 0. The van der Waals surface area contributed by atoms with Gasteiger partial charge in [0.25, 0.3) is 10.0 Å². The summed E-state index contributed by atoms with van der Waals surface area (Å²) in [5.41, 5.74) is 2.93. The Morgan fingerprint density at radius 3 is 2.13 bits per heavy atom. The number of hydrogen-bond acceptors (Lipinski definition) is 3. The van der Waals surface area contributed by atoms with Crippen molar-refractivity contribution in [2.45, 2.75) is 31.7 Å². The Morgan fingerprint density at radius 1 is 0.968 bits per heavy atom. The molecule has 5 nitrogen and oxygen atoms in total. The number of carbonyl (C=O) groups excluding carboxylic acids is 1. The molecule has 3 aromatic rings. The van der Waals surface area contributed by atoms with Gasteiger partial charge in [-0.3, -0.25) is 9.10 Å². The van der Waals surface area contributed by atoms with E-state index in [0.717, 1.165) is 21.0 Å². The summed E-state index contributed by atoms with van der Waals surface area (Å²) in [5.74, 6) is -0.826. The summed E-state index contributed by atoms with van der Waals surface area (Å²) in [4.78, 5) is 12.9. The molecule has 0 aliphatic carbocycles. The van der Waals surface area contributed by atoms with Crippen molar-refractivity contribution in [3.8, 4) is 0 Å². The molecule has 0 saturated heterocycles. The van der Waals surface area contributed by atoms with E-state index in [1.165, 1.54) is 24.3 Å². The SMILES string of the molecule is Cc1cc(C)cc(N(CC(=O)N[C@@H](C)c2ccc(F)cc2)S(=O)(=O)c2ccccc2)c1. The third-order valence-corrected chi connectivity index (χ3v) is 6.65. The van der Waals surface area contributed by atoms with Gasteiger partial charge in [0.1, 0.15) is 12.4 Å². The highest BCUT2D eigenvalue weighted by Gasteiger charge is 2.28. The summed E-state index contributed by atoms with van der Waals surface area (Å²) in [5, 5.41) is 2.80. The minimum absolute atomic E-state index is 0.105. The van der Waals surface area contributed by atoms with Crippen LogP contribution in [-0.4, -0.2) is 20.9 Å². The maximum atomic E-state index is 13.4. The zero-order chi connectivity index (χ0) is 22.6. The second-order valence-electron chi connectivity index (χ2n) is 7.51. The number of sulfonamides is 1. The van der Waals surface area contributed by atoms with Gasteiger partial charge < -0.3 is 5.32 Å². The summed E-state index contributed by atoms with van der Waals surface area (Å²) in [6.45, 7) is 5.13. The Balaban J connectivity index is 1.91. The summed E-state index contributed by atoms with van der Waals surface area (Å²) in [7, 11) is -3.97. The van der Waals surface area contributed by atoms with E-state index in [1.807, 2.05) is 19.9 Å². The van der Waals surface area contributed by atoms with Gasteiger partial charge in [-0.05, 0) is 73.9 Å². The van der Waals surface area contributed by atoms with Gasteiger partial charge in [-0.15, -0.1) is 0 Å². The molecule has 0 fully saturated rings. The van der Waals surface area contributed by atoms with E-state index in [2.05, 4.69) is 5.32 Å². The van der Waals surface area contributed by atoms with Crippen LogP contribution in [0.2, 0.25) is 0 Å². The number of carbonyl (C=O) groups is 1. The number of nitrogens with one attached hydrogen (secondary N) is 1. The molecule has 7 heteroatoms. The van der Waals surface area contributed by atoms with Crippen molar-refractivity contribution in [2.75, 3.05) is 10.8 Å². The minimum atomic E-state index is -3.97. The molecular weight excluding hydrogens is 415 g/mol. The van der Waals surface area contributed by atoms with E-state index in [0.29, 0.717) is 5.69 Å². The first-order chi connectivity index (χ1) is 14.7. The van der Waals surface area contributed by atoms with Crippen LogP contribution in [0.4, 0.5) is 10.1 Å². The molecule has 162 valence electrons.